The Morgan fingerprint density at radius 3 is 2.50 bits per heavy atom. The van der Waals surface area contributed by atoms with Crippen molar-refractivity contribution in [1.29, 1.82) is 5.26 Å². The molecule has 26 heavy (non-hydrogen) atoms. The molecular weight excluding hydrogens is 373 g/mol. The Morgan fingerprint density at radius 1 is 0.962 bits per heavy atom. The molecule has 1 aliphatic heterocycles. The zero-order valence-corrected chi connectivity index (χ0v) is 14.8. The summed E-state index contributed by atoms with van der Waals surface area (Å²) < 4.78 is 10.8. The first-order valence-corrected chi connectivity index (χ1v) is 8.38. The van der Waals surface area contributed by atoms with Crippen LogP contribution in [0.3, 0.4) is 0 Å². The molecule has 2 aromatic carbocycles. The normalized spacial score (nSPS) is 12.0. The highest BCUT2D eigenvalue weighted by atomic mass is 35.5. The molecule has 0 bridgehead atoms. The van der Waals surface area contributed by atoms with E-state index in [-0.39, 0.29) is 12.6 Å². The van der Waals surface area contributed by atoms with Crippen LogP contribution in [-0.4, -0.2) is 11.8 Å². The number of hydrogen-bond acceptors (Lipinski definition) is 5. The van der Waals surface area contributed by atoms with E-state index in [9.17, 15) is 5.26 Å². The van der Waals surface area contributed by atoms with E-state index in [0.717, 1.165) is 11.1 Å². The molecule has 4 rings (SSSR count). The highest BCUT2D eigenvalue weighted by Crippen LogP contribution is 2.39. The molecule has 0 atom stereocenters. The molecule has 0 aliphatic carbocycles. The third kappa shape index (κ3) is 2.80. The van der Waals surface area contributed by atoms with Crippen molar-refractivity contribution < 1.29 is 9.47 Å². The molecule has 3 aromatic rings. The van der Waals surface area contributed by atoms with Crippen molar-refractivity contribution >= 4 is 29.0 Å². The average Bonchev–Trinajstić information content (AvgIpc) is 3.11. The fraction of sp³-hybridized carbons (Fsp3) is 0.0526. The van der Waals surface area contributed by atoms with Gasteiger partial charge in [-0.2, -0.15) is 5.26 Å². The van der Waals surface area contributed by atoms with E-state index in [0.29, 0.717) is 38.4 Å². The Balaban J connectivity index is 1.90. The summed E-state index contributed by atoms with van der Waals surface area (Å²) in [4.78, 5) is 4.34. The number of ether oxygens (including phenoxy) is 2. The van der Waals surface area contributed by atoms with Crippen molar-refractivity contribution in [3.8, 4) is 40.0 Å². The third-order valence-corrected chi connectivity index (χ3v) is 4.80. The van der Waals surface area contributed by atoms with Crippen LogP contribution in [0.2, 0.25) is 10.0 Å². The van der Waals surface area contributed by atoms with Crippen LogP contribution in [0.1, 0.15) is 5.56 Å². The quantitative estimate of drug-likeness (QED) is 0.679. The highest BCUT2D eigenvalue weighted by molar-refractivity contribution is 6.42. The lowest BCUT2D eigenvalue weighted by Crippen LogP contribution is -2.00. The van der Waals surface area contributed by atoms with Gasteiger partial charge in [0.05, 0.1) is 15.7 Å². The van der Waals surface area contributed by atoms with Crippen LogP contribution in [0.4, 0.5) is 5.82 Å². The SMILES string of the molecule is N#Cc1c(-c2ccc3c(c2)OCO3)cc(-c2ccc(Cl)c(Cl)c2)nc1N. The van der Waals surface area contributed by atoms with Crippen molar-refractivity contribution in [2.24, 2.45) is 0 Å². The summed E-state index contributed by atoms with van der Waals surface area (Å²) in [5, 5.41) is 10.4. The predicted octanol–water partition coefficient (Wildman–Crippen LogP) is 4.90. The molecule has 0 unspecified atom stereocenters. The van der Waals surface area contributed by atoms with Gasteiger partial charge in [-0.1, -0.05) is 35.3 Å². The second kappa shape index (κ2) is 6.41. The number of nitrogens with zero attached hydrogens (tertiary/aromatic N) is 2. The number of nitriles is 1. The molecule has 0 spiro atoms. The van der Waals surface area contributed by atoms with Gasteiger partial charge >= 0.3 is 0 Å². The van der Waals surface area contributed by atoms with Crippen LogP contribution in [0.5, 0.6) is 11.5 Å². The Hall–Kier alpha value is -2.94. The second-order valence-electron chi connectivity index (χ2n) is 5.62. The second-order valence-corrected chi connectivity index (χ2v) is 6.44. The van der Waals surface area contributed by atoms with Crippen LogP contribution in [0.25, 0.3) is 22.4 Å². The number of anilines is 1. The summed E-state index contributed by atoms with van der Waals surface area (Å²) in [6, 6.07) is 14.6. The highest BCUT2D eigenvalue weighted by Gasteiger charge is 2.18. The Morgan fingerprint density at radius 2 is 1.73 bits per heavy atom. The molecule has 0 amide bonds. The maximum Gasteiger partial charge on any atom is 0.231 e. The number of rotatable bonds is 2. The number of benzene rings is 2. The number of hydrogen-bond donors (Lipinski definition) is 1. The van der Waals surface area contributed by atoms with Gasteiger partial charge in [-0.15, -0.1) is 0 Å². The van der Waals surface area contributed by atoms with Gasteiger partial charge in [0.15, 0.2) is 11.5 Å². The minimum absolute atomic E-state index is 0.142. The minimum atomic E-state index is 0.142. The molecule has 0 fully saturated rings. The lowest BCUT2D eigenvalue weighted by Gasteiger charge is -2.11. The monoisotopic (exact) mass is 383 g/mol. The maximum atomic E-state index is 9.53. The predicted molar refractivity (Wildman–Crippen MR) is 100 cm³/mol. The fourth-order valence-electron chi connectivity index (χ4n) is 2.78. The van der Waals surface area contributed by atoms with Crippen molar-refractivity contribution in [1.82, 2.24) is 4.98 Å². The number of nitrogen functional groups attached to an aromatic ring is 1. The van der Waals surface area contributed by atoms with Crippen molar-refractivity contribution in [2.75, 3.05) is 12.5 Å². The molecule has 0 radical (unpaired) electrons. The summed E-state index contributed by atoms with van der Waals surface area (Å²) in [6.07, 6.45) is 0. The number of fused-ring (bicyclic) bond motifs is 1. The summed E-state index contributed by atoms with van der Waals surface area (Å²) in [7, 11) is 0. The van der Waals surface area contributed by atoms with Crippen molar-refractivity contribution in [3.63, 3.8) is 0 Å². The van der Waals surface area contributed by atoms with E-state index in [2.05, 4.69) is 11.1 Å². The Labute approximate surface area is 159 Å². The van der Waals surface area contributed by atoms with E-state index in [1.165, 1.54) is 0 Å². The van der Waals surface area contributed by atoms with Gasteiger partial charge in [-0.3, -0.25) is 0 Å². The van der Waals surface area contributed by atoms with E-state index >= 15 is 0 Å². The van der Waals surface area contributed by atoms with E-state index < -0.39 is 0 Å². The molecule has 7 heteroatoms. The molecule has 1 aromatic heterocycles. The summed E-state index contributed by atoms with van der Waals surface area (Å²) >= 11 is 12.1. The number of nitrogens with two attached hydrogens (primary N) is 1. The van der Waals surface area contributed by atoms with E-state index in [1.807, 2.05) is 12.1 Å². The van der Waals surface area contributed by atoms with E-state index in [1.54, 1.807) is 30.3 Å². The summed E-state index contributed by atoms with van der Waals surface area (Å²) in [5.74, 6) is 1.43. The third-order valence-electron chi connectivity index (χ3n) is 4.06. The summed E-state index contributed by atoms with van der Waals surface area (Å²) in [6.45, 7) is 0.177. The molecule has 128 valence electrons. The van der Waals surface area contributed by atoms with Gasteiger partial charge in [0.2, 0.25) is 6.79 Å². The molecule has 2 heterocycles. The first-order valence-electron chi connectivity index (χ1n) is 7.63. The van der Waals surface area contributed by atoms with Gasteiger partial charge in [-0.25, -0.2) is 4.98 Å². The summed E-state index contributed by atoms with van der Waals surface area (Å²) in [5.41, 5.74) is 9.11. The van der Waals surface area contributed by atoms with Crippen molar-refractivity contribution in [3.05, 3.63) is 58.1 Å². The van der Waals surface area contributed by atoms with Crippen LogP contribution in [-0.2, 0) is 0 Å². The number of halogens is 2. The Kier molecular flexibility index (Phi) is 4.08. The topological polar surface area (TPSA) is 81.2 Å². The average molecular weight is 384 g/mol. The lowest BCUT2D eigenvalue weighted by atomic mass is 9.98. The van der Waals surface area contributed by atoms with Crippen LogP contribution < -0.4 is 15.2 Å². The van der Waals surface area contributed by atoms with E-state index in [4.69, 9.17) is 38.4 Å². The van der Waals surface area contributed by atoms with Crippen LogP contribution in [0.15, 0.2) is 42.5 Å². The van der Waals surface area contributed by atoms with Gasteiger partial charge in [0.25, 0.3) is 0 Å². The van der Waals surface area contributed by atoms with Gasteiger partial charge in [-0.05, 0) is 35.9 Å². The molecule has 5 nitrogen and oxygen atoms in total. The molecule has 2 N–H and O–H groups in total. The first-order chi connectivity index (χ1) is 12.6. The van der Waals surface area contributed by atoms with Gasteiger partial charge in [0, 0.05) is 11.1 Å². The number of aromatic nitrogens is 1. The smallest absolute Gasteiger partial charge is 0.231 e. The lowest BCUT2D eigenvalue weighted by molar-refractivity contribution is 0.174. The molecule has 1 aliphatic rings. The minimum Gasteiger partial charge on any atom is -0.454 e. The first kappa shape index (κ1) is 16.5. The van der Waals surface area contributed by atoms with Gasteiger partial charge < -0.3 is 15.2 Å². The van der Waals surface area contributed by atoms with Crippen LogP contribution >= 0.6 is 23.2 Å². The molecular formula is C19H11Cl2N3O2. The zero-order valence-electron chi connectivity index (χ0n) is 13.3. The van der Waals surface area contributed by atoms with Crippen LogP contribution in [0, 0.1) is 11.3 Å². The maximum absolute atomic E-state index is 9.53. The standard InChI is InChI=1S/C19H11Cl2N3O2/c20-14-3-1-11(5-15(14)21)16-7-12(13(8-22)19(23)24-16)10-2-4-17-18(6-10)26-9-25-17/h1-7H,9H2,(H2,23,24). The van der Waals surface area contributed by atoms with Crippen molar-refractivity contribution in [2.45, 2.75) is 0 Å². The largest absolute Gasteiger partial charge is 0.454 e. The molecule has 0 saturated carbocycles. The molecule has 0 saturated heterocycles. The Bertz CT molecular complexity index is 1080. The fourth-order valence-corrected chi connectivity index (χ4v) is 3.08. The van der Waals surface area contributed by atoms with Gasteiger partial charge in [0.1, 0.15) is 17.5 Å². The number of pyridine rings is 1. The zero-order chi connectivity index (χ0) is 18.3.